The number of carbonyl (C=O) groups excluding carboxylic acids is 4. The van der Waals surface area contributed by atoms with Crippen molar-refractivity contribution in [3.05, 3.63) is 87.4 Å². The first-order chi connectivity index (χ1) is 27.1. The second-order valence-corrected chi connectivity index (χ2v) is 15.0. The van der Waals surface area contributed by atoms with Gasteiger partial charge in [0.15, 0.2) is 29.8 Å². The molecule has 2 aliphatic rings. The highest BCUT2D eigenvalue weighted by atomic mass is 35.5. The monoisotopic (exact) mass is 849 g/mol. The topological polar surface area (TPSA) is 183 Å². The number of aromatic nitrogens is 2. The molecule has 3 heterocycles. The Balaban J connectivity index is 1.29. The highest BCUT2D eigenvalue weighted by molar-refractivity contribution is 7.80. The Bertz CT molecular complexity index is 1900. The van der Waals surface area contributed by atoms with E-state index in [2.05, 4.69) is 10.3 Å². The summed E-state index contributed by atoms with van der Waals surface area (Å²) in [4.78, 5) is 52.5. The second-order valence-electron chi connectivity index (χ2n) is 13.8. The van der Waals surface area contributed by atoms with E-state index in [9.17, 15) is 24.3 Å². The third-order valence-corrected chi connectivity index (χ3v) is 10.5. The van der Waals surface area contributed by atoms with Crippen molar-refractivity contribution in [2.45, 2.75) is 110 Å². The molecule has 2 aromatic carbocycles. The molecule has 9 atom stereocenters. The summed E-state index contributed by atoms with van der Waals surface area (Å²) in [5, 5.41) is 13.3. The van der Waals surface area contributed by atoms with Crippen molar-refractivity contribution in [1.29, 1.82) is 0 Å². The summed E-state index contributed by atoms with van der Waals surface area (Å²) in [5.41, 5.74) is 3.34. The largest absolute Gasteiger partial charge is 0.463 e. The van der Waals surface area contributed by atoms with Crippen LogP contribution in [0.1, 0.15) is 75.7 Å². The number of rotatable bonds is 14. The maximum absolute atomic E-state index is 12.2. The number of nitrogens with zero attached hydrogens (tertiary/aromatic N) is 2. The number of ether oxygens (including phenoxy) is 7. The molecular weight excluding hydrogens is 805 g/mol. The van der Waals surface area contributed by atoms with E-state index in [1.807, 2.05) is 55.5 Å². The van der Waals surface area contributed by atoms with Crippen LogP contribution in [-0.4, -0.2) is 86.8 Å². The van der Waals surface area contributed by atoms with Gasteiger partial charge < -0.3 is 48.1 Å². The molecule has 0 aliphatic carbocycles. The Kier molecular flexibility index (Phi) is 15.4. The van der Waals surface area contributed by atoms with Gasteiger partial charge in [0, 0.05) is 52.1 Å². The molecule has 2 N–H and O–H groups in total. The average Bonchev–Trinajstić information content (AvgIpc) is 3.48. The lowest BCUT2D eigenvalue weighted by molar-refractivity contribution is -0.276. The van der Waals surface area contributed by atoms with Gasteiger partial charge in [0.2, 0.25) is 0 Å². The van der Waals surface area contributed by atoms with E-state index in [1.165, 1.54) is 13.8 Å². The Morgan fingerprint density at radius 2 is 1.37 bits per heavy atom. The minimum absolute atomic E-state index is 0.00261. The smallest absolute Gasteiger partial charge is 0.303 e. The molecule has 0 spiro atoms. The molecule has 0 bridgehead atoms. The molecular formula is C39H45Cl2N3O12S. The number of esters is 4. The van der Waals surface area contributed by atoms with Crippen molar-refractivity contribution in [1.82, 2.24) is 14.9 Å². The fourth-order valence-corrected chi connectivity index (χ4v) is 7.27. The summed E-state index contributed by atoms with van der Waals surface area (Å²) in [6.45, 7) is 7.01. The highest BCUT2D eigenvalue weighted by Crippen LogP contribution is 2.42. The van der Waals surface area contributed by atoms with E-state index in [0.717, 1.165) is 36.1 Å². The van der Waals surface area contributed by atoms with Gasteiger partial charge in [-0.1, -0.05) is 90.9 Å². The number of benzene rings is 2. The van der Waals surface area contributed by atoms with Gasteiger partial charge in [-0.25, -0.2) is 4.98 Å². The number of hydrogen-bond donors (Lipinski definition) is 2. The van der Waals surface area contributed by atoms with E-state index < -0.39 is 60.7 Å². The standard InChI is InChI=1S/C39H45Cl2N3O12S/c1-20-30(16-44-19-43-37(40)38(44)41)55-39(56-33(20)27-10-8-26(17-45)9-11-27)28-12-6-25(7-13-28)15-42-32(57)14-29-34(51-22(3)47)36(53-24(5)49)35(52-23(4)48)31(54-29)18-50-21(2)46/h6-13,19-20,29-31,33-36,39,45H,14-18H2,1-5H3,(H,42,57)/t20-,29-,30+,31+,33+,34-,35+,36+,39?/m0/s1. The minimum Gasteiger partial charge on any atom is -0.463 e. The van der Waals surface area contributed by atoms with Crippen molar-refractivity contribution in [3.8, 4) is 0 Å². The third-order valence-electron chi connectivity index (χ3n) is 9.45. The molecule has 2 aliphatic heterocycles. The lowest BCUT2D eigenvalue weighted by Gasteiger charge is -2.44. The molecule has 2 fully saturated rings. The van der Waals surface area contributed by atoms with Crippen molar-refractivity contribution < 1.29 is 57.4 Å². The second kappa shape index (κ2) is 20.0. The van der Waals surface area contributed by atoms with E-state index in [1.54, 1.807) is 10.9 Å². The van der Waals surface area contributed by atoms with Crippen molar-refractivity contribution >= 4 is 64.3 Å². The number of thiocarbonyl (C=S) groups is 1. The number of halogens is 2. The number of nitrogens with one attached hydrogen (secondary N) is 1. The molecule has 0 radical (unpaired) electrons. The van der Waals surface area contributed by atoms with Crippen LogP contribution in [0.4, 0.5) is 0 Å². The maximum atomic E-state index is 12.2. The Morgan fingerprint density at radius 1 is 0.789 bits per heavy atom. The molecule has 57 heavy (non-hydrogen) atoms. The van der Waals surface area contributed by atoms with E-state index >= 15 is 0 Å². The van der Waals surface area contributed by atoms with Crippen LogP contribution in [-0.2, 0) is 72.0 Å². The van der Waals surface area contributed by atoms with Gasteiger partial charge in [-0.15, -0.1) is 0 Å². The third kappa shape index (κ3) is 11.7. The van der Waals surface area contributed by atoms with E-state index in [4.69, 9.17) is 68.6 Å². The number of aliphatic hydroxyl groups excluding tert-OH is 1. The van der Waals surface area contributed by atoms with Crippen LogP contribution in [0, 0.1) is 5.92 Å². The van der Waals surface area contributed by atoms with E-state index in [-0.39, 0.29) is 42.9 Å². The number of imidazole rings is 1. The fourth-order valence-electron chi connectivity index (χ4n) is 6.72. The summed E-state index contributed by atoms with van der Waals surface area (Å²) in [7, 11) is 0. The fraction of sp³-hybridized carbons (Fsp3) is 0.487. The predicted octanol–water partition coefficient (Wildman–Crippen LogP) is 5.11. The van der Waals surface area contributed by atoms with Crippen LogP contribution < -0.4 is 5.32 Å². The number of aliphatic hydroxyl groups is 1. The molecule has 3 aromatic rings. The zero-order valence-electron chi connectivity index (χ0n) is 31.9. The summed E-state index contributed by atoms with van der Waals surface area (Å²) in [6, 6.07) is 15.2. The van der Waals surface area contributed by atoms with Crippen molar-refractivity contribution in [2.75, 3.05) is 6.61 Å². The van der Waals surface area contributed by atoms with Gasteiger partial charge in [-0.3, -0.25) is 19.2 Å². The SMILES string of the molecule is CC(=O)OC[C@H]1O[C@@H](CC(=S)NCc2ccc(C3O[C@H](Cn4cnc(Cl)c4Cl)[C@H](C)[C@H](c4ccc(CO)cc4)O3)cc2)[C@H](OC(C)=O)[C@@H](OC(C)=O)[C@@H]1OC(C)=O. The first kappa shape index (κ1) is 44.0. The molecule has 1 aromatic heterocycles. The number of hydrogen-bond acceptors (Lipinski definition) is 14. The maximum Gasteiger partial charge on any atom is 0.303 e. The van der Waals surface area contributed by atoms with Crippen LogP contribution in [0.2, 0.25) is 10.3 Å². The average molecular weight is 851 g/mol. The van der Waals surface area contributed by atoms with Gasteiger partial charge in [-0.2, -0.15) is 0 Å². The van der Waals surface area contributed by atoms with Crippen molar-refractivity contribution in [2.24, 2.45) is 5.92 Å². The van der Waals surface area contributed by atoms with Crippen LogP contribution >= 0.6 is 35.4 Å². The van der Waals surface area contributed by atoms with Gasteiger partial charge >= 0.3 is 23.9 Å². The minimum atomic E-state index is -1.29. The lowest BCUT2D eigenvalue weighted by atomic mass is 9.90. The Labute approximate surface area is 345 Å². The first-order valence-electron chi connectivity index (χ1n) is 18.2. The normalized spacial score (nSPS) is 25.9. The van der Waals surface area contributed by atoms with Crippen LogP contribution in [0.5, 0.6) is 0 Å². The summed E-state index contributed by atoms with van der Waals surface area (Å²) in [5.74, 6) is -2.85. The summed E-state index contributed by atoms with van der Waals surface area (Å²) >= 11 is 18.2. The Hall–Kier alpha value is -4.16. The van der Waals surface area contributed by atoms with Crippen LogP contribution in [0.15, 0.2) is 54.9 Å². The quantitative estimate of drug-likeness (QED) is 0.124. The zero-order valence-corrected chi connectivity index (χ0v) is 34.3. The molecule has 5 rings (SSSR count). The van der Waals surface area contributed by atoms with Gasteiger partial charge in [0.25, 0.3) is 0 Å². The lowest BCUT2D eigenvalue weighted by Crippen LogP contribution is -2.62. The summed E-state index contributed by atoms with van der Waals surface area (Å²) in [6.07, 6.45) is -5.68. The molecule has 308 valence electrons. The summed E-state index contributed by atoms with van der Waals surface area (Å²) < 4.78 is 42.7. The number of carbonyl (C=O) groups is 4. The Morgan fingerprint density at radius 3 is 1.93 bits per heavy atom. The van der Waals surface area contributed by atoms with Gasteiger partial charge in [0.05, 0.1) is 36.7 Å². The first-order valence-corrected chi connectivity index (χ1v) is 19.3. The predicted molar refractivity (Wildman–Crippen MR) is 208 cm³/mol. The van der Waals surface area contributed by atoms with Crippen LogP contribution in [0.25, 0.3) is 0 Å². The zero-order chi connectivity index (χ0) is 41.4. The molecule has 15 nitrogen and oxygen atoms in total. The molecule has 18 heteroatoms. The van der Waals surface area contributed by atoms with Crippen LogP contribution in [0.3, 0.4) is 0 Å². The van der Waals surface area contributed by atoms with Gasteiger partial charge in [-0.05, 0) is 16.7 Å². The highest BCUT2D eigenvalue weighted by Gasteiger charge is 2.52. The molecule has 0 saturated carbocycles. The molecule has 2 saturated heterocycles. The molecule has 1 unspecified atom stereocenters. The van der Waals surface area contributed by atoms with Gasteiger partial charge in [0.1, 0.15) is 24.0 Å². The van der Waals surface area contributed by atoms with Crippen molar-refractivity contribution in [3.63, 3.8) is 0 Å². The molecule has 0 amide bonds. The van der Waals surface area contributed by atoms with E-state index in [0.29, 0.717) is 23.2 Å².